The minimum Gasteiger partial charge on any atom is -0.466 e. The molecule has 0 saturated heterocycles. The Labute approximate surface area is 198 Å². The molecule has 33 heavy (non-hydrogen) atoms. The molecule has 168 valence electrons. The smallest absolute Gasteiger partial charge is 0.330 e. The first kappa shape index (κ1) is 22.7. The second kappa shape index (κ2) is 10.9. The highest BCUT2D eigenvalue weighted by Crippen LogP contribution is 2.27. The molecule has 1 aromatic heterocycles. The number of esters is 1. The fraction of sp³-hybridized carbons (Fsp3) is 0.185. The Morgan fingerprint density at radius 2 is 1.85 bits per heavy atom. The van der Waals surface area contributed by atoms with Crippen LogP contribution in [0.1, 0.15) is 11.2 Å². The molecule has 1 aliphatic rings. The number of aromatic nitrogens is 1. The third-order valence-corrected chi connectivity index (χ3v) is 6.48. The summed E-state index contributed by atoms with van der Waals surface area (Å²) < 4.78 is 6.45. The number of thioether (sulfide) groups is 1. The van der Waals surface area contributed by atoms with Crippen LogP contribution in [0.3, 0.4) is 0 Å². The molecular formula is C27H26N2O3S. The maximum Gasteiger partial charge on any atom is 0.330 e. The van der Waals surface area contributed by atoms with Gasteiger partial charge in [0.2, 0.25) is 5.91 Å². The van der Waals surface area contributed by atoms with Gasteiger partial charge in [-0.2, -0.15) is 0 Å². The lowest BCUT2D eigenvalue weighted by Gasteiger charge is -2.25. The third-order valence-electron chi connectivity index (χ3n) is 5.49. The van der Waals surface area contributed by atoms with Crippen molar-refractivity contribution in [3.8, 4) is 0 Å². The van der Waals surface area contributed by atoms with Crippen molar-refractivity contribution < 1.29 is 14.3 Å². The molecular weight excluding hydrogens is 432 g/mol. The van der Waals surface area contributed by atoms with Crippen LogP contribution in [0.4, 0.5) is 0 Å². The van der Waals surface area contributed by atoms with Gasteiger partial charge in [-0.05, 0) is 35.9 Å². The second-order valence-electron chi connectivity index (χ2n) is 7.68. The van der Waals surface area contributed by atoms with Crippen molar-refractivity contribution in [3.63, 3.8) is 0 Å². The number of hydrogen-bond donors (Lipinski definition) is 0. The van der Waals surface area contributed by atoms with Crippen LogP contribution in [0.5, 0.6) is 0 Å². The van der Waals surface area contributed by atoms with Gasteiger partial charge < -0.3 is 9.64 Å². The summed E-state index contributed by atoms with van der Waals surface area (Å²) in [6, 6.07) is 20.1. The van der Waals surface area contributed by atoms with Crippen LogP contribution in [0.15, 0.2) is 108 Å². The van der Waals surface area contributed by atoms with Gasteiger partial charge in [0.05, 0.1) is 12.6 Å². The number of carbonyl (C=O) groups excluding carboxylic acids is 2. The molecule has 0 radical (unpaired) electrons. The predicted octanol–water partition coefficient (Wildman–Crippen LogP) is 5.52. The average Bonchev–Trinajstić information content (AvgIpc) is 3.29. The summed E-state index contributed by atoms with van der Waals surface area (Å²) in [6.07, 6.45) is 11.3. The molecule has 1 unspecified atom stereocenters. The largest absolute Gasteiger partial charge is 0.466 e. The first-order valence-corrected chi connectivity index (χ1v) is 11.8. The maximum atomic E-state index is 13.1. The van der Waals surface area contributed by atoms with E-state index >= 15 is 0 Å². The lowest BCUT2D eigenvalue weighted by atomic mass is 9.93. The quantitative estimate of drug-likeness (QED) is 0.253. The number of fused-ring (bicyclic) bond motifs is 1. The molecule has 0 bridgehead atoms. The van der Waals surface area contributed by atoms with Crippen molar-refractivity contribution in [3.05, 3.63) is 103 Å². The van der Waals surface area contributed by atoms with Crippen LogP contribution in [-0.4, -0.2) is 40.8 Å². The van der Waals surface area contributed by atoms with Gasteiger partial charge in [0.15, 0.2) is 0 Å². The predicted molar refractivity (Wildman–Crippen MR) is 133 cm³/mol. The van der Waals surface area contributed by atoms with Crippen LogP contribution in [0.2, 0.25) is 0 Å². The summed E-state index contributed by atoms with van der Waals surface area (Å²) >= 11 is 1.79. The lowest BCUT2D eigenvalue weighted by molar-refractivity contribution is -0.134. The summed E-state index contributed by atoms with van der Waals surface area (Å²) in [7, 11) is 1.35. The van der Waals surface area contributed by atoms with Crippen LogP contribution < -0.4 is 0 Å². The number of nitrogens with zero attached hydrogens (tertiary/aromatic N) is 2. The number of carbonyl (C=O) groups is 2. The molecule has 4 rings (SSSR count). The number of hydrogen-bond acceptors (Lipinski definition) is 5. The number of benzene rings is 2. The standard InChI is InChI=1S/C27H26N2O3S/c1-32-27(31)12-11-23-20-28(17-18-33-24-8-3-2-4-9-24)15-13-22(23)19-26(30)29-16-14-21-7-5-6-10-25(21)29/h2-16,20,22H,17-19H2,1H3/b12-11+. The Kier molecular flexibility index (Phi) is 7.47. The summed E-state index contributed by atoms with van der Waals surface area (Å²) in [5, 5.41) is 1.04. The number of rotatable bonds is 8. The molecule has 0 saturated carbocycles. The van der Waals surface area contributed by atoms with Crippen LogP contribution >= 0.6 is 11.8 Å². The van der Waals surface area contributed by atoms with Crippen molar-refractivity contribution in [2.24, 2.45) is 5.92 Å². The lowest BCUT2D eigenvalue weighted by Crippen LogP contribution is -2.22. The van der Waals surface area contributed by atoms with E-state index in [1.165, 1.54) is 18.1 Å². The highest BCUT2D eigenvalue weighted by Gasteiger charge is 2.20. The first-order valence-electron chi connectivity index (χ1n) is 10.8. The molecule has 2 heterocycles. The number of allylic oxidation sites excluding steroid dienone is 3. The van der Waals surface area contributed by atoms with Gasteiger partial charge in [-0.25, -0.2) is 4.79 Å². The van der Waals surface area contributed by atoms with E-state index in [-0.39, 0.29) is 11.8 Å². The fourth-order valence-electron chi connectivity index (χ4n) is 3.75. The van der Waals surface area contributed by atoms with Gasteiger partial charge in [0, 0.05) is 59.6 Å². The van der Waals surface area contributed by atoms with Gasteiger partial charge >= 0.3 is 5.97 Å². The minimum atomic E-state index is -0.418. The van der Waals surface area contributed by atoms with Crippen molar-refractivity contribution >= 4 is 34.5 Å². The van der Waals surface area contributed by atoms with E-state index in [2.05, 4.69) is 17.0 Å². The molecule has 1 aliphatic heterocycles. The van der Waals surface area contributed by atoms with Crippen LogP contribution in [-0.2, 0) is 9.53 Å². The van der Waals surface area contributed by atoms with E-state index in [9.17, 15) is 9.59 Å². The van der Waals surface area contributed by atoms with Crippen molar-refractivity contribution in [2.45, 2.75) is 11.3 Å². The zero-order chi connectivity index (χ0) is 23.0. The fourth-order valence-corrected chi connectivity index (χ4v) is 4.64. The van der Waals surface area contributed by atoms with Crippen molar-refractivity contribution in [1.82, 2.24) is 9.47 Å². The molecule has 0 fully saturated rings. The molecule has 6 heteroatoms. The molecule has 2 aromatic carbocycles. The van der Waals surface area contributed by atoms with E-state index in [0.717, 1.165) is 28.8 Å². The summed E-state index contributed by atoms with van der Waals surface area (Å²) in [6.45, 7) is 0.814. The molecule has 5 nitrogen and oxygen atoms in total. The van der Waals surface area contributed by atoms with Gasteiger partial charge in [-0.3, -0.25) is 9.36 Å². The maximum absolute atomic E-state index is 13.1. The van der Waals surface area contributed by atoms with Crippen molar-refractivity contribution in [2.75, 3.05) is 19.4 Å². The molecule has 1 atom stereocenters. The first-order chi connectivity index (χ1) is 16.1. The summed E-state index contributed by atoms with van der Waals surface area (Å²) in [5.41, 5.74) is 1.80. The summed E-state index contributed by atoms with van der Waals surface area (Å²) in [5.74, 6) is 0.379. The van der Waals surface area contributed by atoms with E-state index in [0.29, 0.717) is 6.42 Å². The van der Waals surface area contributed by atoms with E-state index < -0.39 is 5.97 Å². The average molecular weight is 459 g/mol. The van der Waals surface area contributed by atoms with Gasteiger partial charge in [-0.15, -0.1) is 11.8 Å². The molecule has 0 N–H and O–H groups in total. The monoisotopic (exact) mass is 458 g/mol. The van der Waals surface area contributed by atoms with Crippen LogP contribution in [0.25, 0.3) is 10.9 Å². The topological polar surface area (TPSA) is 51.5 Å². The molecule has 3 aromatic rings. The Bertz CT molecular complexity index is 1210. The van der Waals surface area contributed by atoms with Gasteiger partial charge in [-0.1, -0.05) is 42.5 Å². The van der Waals surface area contributed by atoms with E-state index in [1.807, 2.05) is 73.2 Å². The highest BCUT2D eigenvalue weighted by atomic mass is 32.2. The molecule has 0 aliphatic carbocycles. The number of ether oxygens (including phenoxy) is 1. The SMILES string of the molecule is COC(=O)/C=C/C1=CN(CCSc2ccccc2)C=CC1CC(=O)n1ccc2ccccc21. The number of para-hydroxylation sites is 1. The Morgan fingerprint density at radius 1 is 1.06 bits per heavy atom. The third kappa shape index (κ3) is 5.84. The van der Waals surface area contributed by atoms with E-state index in [4.69, 9.17) is 4.74 Å². The molecule has 0 amide bonds. The number of methoxy groups -OCH3 is 1. The second-order valence-corrected chi connectivity index (χ2v) is 8.84. The van der Waals surface area contributed by atoms with Gasteiger partial charge in [0.25, 0.3) is 0 Å². The minimum absolute atomic E-state index is 0.0105. The normalized spacial score (nSPS) is 15.7. The van der Waals surface area contributed by atoms with E-state index in [1.54, 1.807) is 22.4 Å². The summed E-state index contributed by atoms with van der Waals surface area (Å²) in [4.78, 5) is 28.1. The van der Waals surface area contributed by atoms with Crippen molar-refractivity contribution in [1.29, 1.82) is 0 Å². The Balaban J connectivity index is 1.46. The Morgan fingerprint density at radius 3 is 2.67 bits per heavy atom. The van der Waals surface area contributed by atoms with Gasteiger partial charge in [0.1, 0.15) is 0 Å². The Hall–Kier alpha value is -3.51. The zero-order valence-electron chi connectivity index (χ0n) is 18.5. The highest BCUT2D eigenvalue weighted by molar-refractivity contribution is 7.99. The zero-order valence-corrected chi connectivity index (χ0v) is 19.3. The van der Waals surface area contributed by atoms with Crippen LogP contribution in [0, 0.1) is 5.92 Å². The molecule has 0 spiro atoms.